The van der Waals surface area contributed by atoms with Crippen molar-refractivity contribution in [3.63, 3.8) is 0 Å². The van der Waals surface area contributed by atoms with E-state index in [4.69, 9.17) is 4.74 Å². The molecular formula is C9H17N3O3. The SMILES string of the molecule is CCOCC(O)Cn1cc(C(C)O)nn1. The predicted octanol–water partition coefficient (Wildman–Crippen LogP) is -0.271. The van der Waals surface area contributed by atoms with E-state index in [0.717, 1.165) is 0 Å². The van der Waals surface area contributed by atoms with Gasteiger partial charge < -0.3 is 14.9 Å². The maximum atomic E-state index is 9.51. The molecule has 0 aliphatic rings. The highest BCUT2D eigenvalue weighted by Gasteiger charge is 2.09. The van der Waals surface area contributed by atoms with Crippen LogP contribution in [0.15, 0.2) is 6.20 Å². The molecule has 0 aliphatic heterocycles. The van der Waals surface area contributed by atoms with Crippen LogP contribution in [-0.4, -0.2) is 44.5 Å². The standard InChI is InChI=1S/C9H17N3O3/c1-3-15-6-8(14)4-12-5-9(7(2)13)10-11-12/h5,7-8,13-14H,3-4,6H2,1-2H3. The molecule has 6 heteroatoms. The van der Waals surface area contributed by atoms with E-state index in [1.165, 1.54) is 4.68 Å². The lowest BCUT2D eigenvalue weighted by Gasteiger charge is -2.09. The third kappa shape index (κ3) is 3.94. The summed E-state index contributed by atoms with van der Waals surface area (Å²) in [6, 6.07) is 0. The van der Waals surface area contributed by atoms with Gasteiger partial charge in [-0.2, -0.15) is 0 Å². The van der Waals surface area contributed by atoms with Crippen LogP contribution in [0.4, 0.5) is 0 Å². The molecule has 0 saturated heterocycles. The van der Waals surface area contributed by atoms with Gasteiger partial charge in [-0.15, -0.1) is 5.10 Å². The molecule has 6 nitrogen and oxygen atoms in total. The third-order valence-corrected chi connectivity index (χ3v) is 1.90. The number of aromatic nitrogens is 3. The lowest BCUT2D eigenvalue weighted by molar-refractivity contribution is 0.0313. The van der Waals surface area contributed by atoms with E-state index in [0.29, 0.717) is 18.8 Å². The van der Waals surface area contributed by atoms with Crippen LogP contribution in [0.2, 0.25) is 0 Å². The Morgan fingerprint density at radius 1 is 1.53 bits per heavy atom. The van der Waals surface area contributed by atoms with Crippen molar-refractivity contribution in [2.75, 3.05) is 13.2 Å². The molecule has 1 aromatic heterocycles. The summed E-state index contributed by atoms with van der Waals surface area (Å²) < 4.78 is 6.55. The van der Waals surface area contributed by atoms with E-state index >= 15 is 0 Å². The van der Waals surface area contributed by atoms with Crippen molar-refractivity contribution < 1.29 is 14.9 Å². The summed E-state index contributed by atoms with van der Waals surface area (Å²) in [5, 5.41) is 26.3. The van der Waals surface area contributed by atoms with Gasteiger partial charge in [-0.3, -0.25) is 0 Å². The van der Waals surface area contributed by atoms with E-state index in [9.17, 15) is 10.2 Å². The highest BCUT2D eigenvalue weighted by atomic mass is 16.5. The summed E-state index contributed by atoms with van der Waals surface area (Å²) in [5.74, 6) is 0. The number of ether oxygens (including phenoxy) is 1. The molecule has 0 fully saturated rings. The molecule has 1 heterocycles. The van der Waals surface area contributed by atoms with Crippen LogP contribution in [-0.2, 0) is 11.3 Å². The first-order valence-electron chi connectivity index (χ1n) is 4.97. The molecule has 15 heavy (non-hydrogen) atoms. The zero-order chi connectivity index (χ0) is 11.3. The van der Waals surface area contributed by atoms with Crippen LogP contribution >= 0.6 is 0 Å². The number of hydrogen-bond acceptors (Lipinski definition) is 5. The Kier molecular flexibility index (Phi) is 4.67. The van der Waals surface area contributed by atoms with Crippen molar-refractivity contribution in [1.82, 2.24) is 15.0 Å². The summed E-state index contributed by atoms with van der Waals surface area (Å²) in [6.07, 6.45) is 0.371. The van der Waals surface area contributed by atoms with Crippen LogP contribution in [0.1, 0.15) is 25.6 Å². The lowest BCUT2D eigenvalue weighted by atomic mass is 10.3. The fourth-order valence-electron chi connectivity index (χ4n) is 1.12. The molecule has 0 aliphatic carbocycles. The molecule has 0 radical (unpaired) electrons. The molecule has 1 aromatic rings. The molecule has 0 saturated carbocycles. The largest absolute Gasteiger partial charge is 0.389 e. The van der Waals surface area contributed by atoms with Gasteiger partial charge in [0.05, 0.1) is 31.6 Å². The monoisotopic (exact) mass is 215 g/mol. The highest BCUT2D eigenvalue weighted by molar-refractivity contribution is 4.95. The molecular weight excluding hydrogens is 198 g/mol. The van der Waals surface area contributed by atoms with Crippen LogP contribution in [0.3, 0.4) is 0 Å². The minimum Gasteiger partial charge on any atom is -0.389 e. The van der Waals surface area contributed by atoms with E-state index in [-0.39, 0.29) is 6.61 Å². The molecule has 2 atom stereocenters. The molecule has 0 bridgehead atoms. The van der Waals surface area contributed by atoms with E-state index < -0.39 is 12.2 Å². The zero-order valence-electron chi connectivity index (χ0n) is 9.00. The van der Waals surface area contributed by atoms with Crippen molar-refractivity contribution >= 4 is 0 Å². The second-order valence-corrected chi connectivity index (χ2v) is 3.35. The van der Waals surface area contributed by atoms with Crippen molar-refractivity contribution in [2.45, 2.75) is 32.6 Å². The average Bonchev–Trinajstić information content (AvgIpc) is 2.63. The fourth-order valence-corrected chi connectivity index (χ4v) is 1.12. The molecule has 1 rings (SSSR count). The number of aliphatic hydroxyl groups is 2. The smallest absolute Gasteiger partial charge is 0.111 e. The third-order valence-electron chi connectivity index (χ3n) is 1.90. The fraction of sp³-hybridized carbons (Fsp3) is 0.778. The van der Waals surface area contributed by atoms with Gasteiger partial charge in [-0.25, -0.2) is 4.68 Å². The van der Waals surface area contributed by atoms with E-state index in [1.807, 2.05) is 6.92 Å². The number of hydrogen-bond donors (Lipinski definition) is 2. The van der Waals surface area contributed by atoms with Crippen molar-refractivity contribution in [3.8, 4) is 0 Å². The Labute approximate surface area is 88.5 Å². The van der Waals surface area contributed by atoms with Crippen molar-refractivity contribution in [3.05, 3.63) is 11.9 Å². The van der Waals surface area contributed by atoms with Gasteiger partial charge in [0.2, 0.25) is 0 Å². The molecule has 86 valence electrons. The van der Waals surface area contributed by atoms with Gasteiger partial charge in [0, 0.05) is 6.61 Å². The second-order valence-electron chi connectivity index (χ2n) is 3.35. The minimum atomic E-state index is -0.636. The molecule has 2 N–H and O–H groups in total. The summed E-state index contributed by atoms with van der Waals surface area (Å²) in [7, 11) is 0. The quantitative estimate of drug-likeness (QED) is 0.682. The van der Waals surface area contributed by atoms with Crippen molar-refractivity contribution in [2.24, 2.45) is 0 Å². The first-order chi connectivity index (χ1) is 7.13. The summed E-state index contributed by atoms with van der Waals surface area (Å²) in [5.41, 5.74) is 0.499. The zero-order valence-corrected chi connectivity index (χ0v) is 9.00. The first kappa shape index (κ1) is 12.1. The van der Waals surface area contributed by atoms with E-state index in [1.54, 1.807) is 13.1 Å². The summed E-state index contributed by atoms with van der Waals surface area (Å²) in [6.45, 7) is 4.66. The van der Waals surface area contributed by atoms with Gasteiger partial charge in [0.15, 0.2) is 0 Å². The lowest BCUT2D eigenvalue weighted by Crippen LogP contribution is -2.22. The average molecular weight is 215 g/mol. The second kappa shape index (κ2) is 5.79. The van der Waals surface area contributed by atoms with Crippen LogP contribution in [0.5, 0.6) is 0 Å². The molecule has 0 aromatic carbocycles. The van der Waals surface area contributed by atoms with Crippen LogP contribution in [0.25, 0.3) is 0 Å². The number of rotatable bonds is 6. The molecule has 2 unspecified atom stereocenters. The maximum Gasteiger partial charge on any atom is 0.111 e. The normalized spacial score (nSPS) is 15.2. The van der Waals surface area contributed by atoms with E-state index in [2.05, 4.69) is 10.3 Å². The predicted molar refractivity (Wildman–Crippen MR) is 53.2 cm³/mol. The Morgan fingerprint density at radius 2 is 2.27 bits per heavy atom. The Bertz CT molecular complexity index is 288. The van der Waals surface area contributed by atoms with Gasteiger partial charge in [-0.1, -0.05) is 5.21 Å². The molecule has 0 amide bonds. The Balaban J connectivity index is 2.42. The van der Waals surface area contributed by atoms with Crippen LogP contribution in [0, 0.1) is 0 Å². The van der Waals surface area contributed by atoms with Crippen molar-refractivity contribution in [1.29, 1.82) is 0 Å². The van der Waals surface area contributed by atoms with Crippen LogP contribution < -0.4 is 0 Å². The topological polar surface area (TPSA) is 80.4 Å². The molecule has 0 spiro atoms. The Morgan fingerprint density at radius 3 is 2.80 bits per heavy atom. The minimum absolute atomic E-state index is 0.278. The van der Waals surface area contributed by atoms with Gasteiger partial charge >= 0.3 is 0 Å². The van der Waals surface area contributed by atoms with Gasteiger partial charge in [0.1, 0.15) is 5.69 Å². The van der Waals surface area contributed by atoms with Gasteiger partial charge in [0.25, 0.3) is 0 Å². The highest BCUT2D eigenvalue weighted by Crippen LogP contribution is 2.06. The summed E-state index contributed by atoms with van der Waals surface area (Å²) in [4.78, 5) is 0. The summed E-state index contributed by atoms with van der Waals surface area (Å²) >= 11 is 0. The maximum absolute atomic E-state index is 9.51. The number of nitrogens with zero attached hydrogens (tertiary/aromatic N) is 3. The Hall–Kier alpha value is -0.980. The van der Waals surface area contributed by atoms with Gasteiger partial charge in [-0.05, 0) is 13.8 Å². The first-order valence-corrected chi connectivity index (χ1v) is 4.97. The number of aliphatic hydroxyl groups excluding tert-OH is 2.